The average molecular weight is 294 g/mol. The number of amides is 1. The zero-order valence-corrected chi connectivity index (χ0v) is 12.9. The lowest BCUT2D eigenvalue weighted by molar-refractivity contribution is -0.145. The maximum atomic E-state index is 11.8. The first kappa shape index (κ1) is 16.9. The van der Waals surface area contributed by atoms with Crippen molar-refractivity contribution in [1.29, 1.82) is 0 Å². The fraction of sp³-hybridized carbons (Fsp3) is 0.533. The molecule has 0 aliphatic carbocycles. The van der Waals surface area contributed by atoms with E-state index in [0.29, 0.717) is 18.7 Å². The molecule has 0 unspecified atom stereocenters. The van der Waals surface area contributed by atoms with E-state index in [0.717, 1.165) is 5.56 Å². The van der Waals surface area contributed by atoms with Gasteiger partial charge < -0.3 is 14.8 Å². The Morgan fingerprint density at radius 3 is 2.48 bits per heavy atom. The molecule has 0 fully saturated rings. The number of esters is 1. The number of nitrogens with zero attached hydrogens (tertiary/aromatic N) is 1. The highest BCUT2D eigenvalue weighted by molar-refractivity contribution is 5.84. The number of hydrogen-bond acceptors (Lipinski definition) is 5. The Bertz CT molecular complexity index is 471. The number of nitrogens with one attached hydrogen (secondary N) is 1. The van der Waals surface area contributed by atoms with E-state index in [1.54, 1.807) is 18.3 Å². The van der Waals surface area contributed by atoms with Crippen LogP contribution in [0, 0.1) is 5.92 Å². The molecule has 1 rings (SSSR count). The predicted molar refractivity (Wildman–Crippen MR) is 77.9 cm³/mol. The Hall–Kier alpha value is -2.11. The van der Waals surface area contributed by atoms with Gasteiger partial charge in [-0.05, 0) is 11.5 Å². The number of carbonyl (C=O) groups excluding carboxylic acids is 2. The van der Waals surface area contributed by atoms with Crippen molar-refractivity contribution in [1.82, 2.24) is 10.3 Å². The van der Waals surface area contributed by atoms with Crippen molar-refractivity contribution in [3.05, 3.63) is 23.9 Å². The van der Waals surface area contributed by atoms with E-state index < -0.39 is 12.0 Å². The average Bonchev–Trinajstić information content (AvgIpc) is 2.45. The number of methoxy groups -OCH3 is 2. The molecule has 0 spiro atoms. The molecule has 0 radical (unpaired) electrons. The monoisotopic (exact) mass is 294 g/mol. The molecule has 6 heteroatoms. The van der Waals surface area contributed by atoms with E-state index >= 15 is 0 Å². The van der Waals surface area contributed by atoms with E-state index in [9.17, 15) is 9.59 Å². The first-order chi connectivity index (χ1) is 9.96. The molecule has 1 heterocycles. The van der Waals surface area contributed by atoms with Gasteiger partial charge >= 0.3 is 5.97 Å². The molecule has 0 saturated heterocycles. The van der Waals surface area contributed by atoms with Gasteiger partial charge in [-0.3, -0.25) is 4.79 Å². The van der Waals surface area contributed by atoms with Crippen molar-refractivity contribution < 1.29 is 19.1 Å². The standard InChI is InChI=1S/C15H22N2O4/c1-10(2)7-13(18)17-12(15(19)21-4)8-11-5-6-14(20-3)16-9-11/h5-6,9-10,12H,7-8H2,1-4H3,(H,17,18)/t12-/m1/s1. The summed E-state index contributed by atoms with van der Waals surface area (Å²) in [5, 5.41) is 2.70. The fourth-order valence-electron chi connectivity index (χ4n) is 1.85. The maximum absolute atomic E-state index is 11.8. The third-order valence-electron chi connectivity index (χ3n) is 2.86. The van der Waals surface area contributed by atoms with E-state index in [4.69, 9.17) is 9.47 Å². The second kappa shape index (κ2) is 8.24. The topological polar surface area (TPSA) is 77.5 Å². The minimum atomic E-state index is -0.712. The number of hydrogen-bond donors (Lipinski definition) is 1. The quantitative estimate of drug-likeness (QED) is 0.768. The smallest absolute Gasteiger partial charge is 0.328 e. The van der Waals surface area contributed by atoms with Crippen molar-refractivity contribution in [2.24, 2.45) is 5.92 Å². The first-order valence-corrected chi connectivity index (χ1v) is 6.82. The number of carbonyl (C=O) groups is 2. The molecule has 1 aromatic heterocycles. The lowest BCUT2D eigenvalue weighted by Crippen LogP contribution is -2.43. The minimum absolute atomic E-state index is 0.165. The van der Waals surface area contributed by atoms with Gasteiger partial charge in [0, 0.05) is 25.1 Å². The van der Waals surface area contributed by atoms with Crippen LogP contribution in [0.2, 0.25) is 0 Å². The van der Waals surface area contributed by atoms with Crippen LogP contribution in [-0.2, 0) is 20.7 Å². The van der Waals surface area contributed by atoms with Crippen LogP contribution >= 0.6 is 0 Å². The van der Waals surface area contributed by atoms with E-state index in [1.807, 2.05) is 13.8 Å². The predicted octanol–water partition coefficient (Wildman–Crippen LogP) is 1.34. The third kappa shape index (κ3) is 5.81. The molecule has 0 saturated carbocycles. The Morgan fingerprint density at radius 2 is 2.00 bits per heavy atom. The van der Waals surface area contributed by atoms with Crippen molar-refractivity contribution in [3.63, 3.8) is 0 Å². The Labute approximate surface area is 124 Å². The van der Waals surface area contributed by atoms with Gasteiger partial charge in [0.05, 0.1) is 14.2 Å². The lowest BCUT2D eigenvalue weighted by Gasteiger charge is -2.17. The second-order valence-corrected chi connectivity index (χ2v) is 5.15. The largest absolute Gasteiger partial charge is 0.481 e. The Morgan fingerprint density at radius 1 is 1.29 bits per heavy atom. The Balaban J connectivity index is 2.73. The van der Waals surface area contributed by atoms with E-state index in [2.05, 4.69) is 10.3 Å². The first-order valence-electron chi connectivity index (χ1n) is 6.82. The van der Waals surface area contributed by atoms with Crippen LogP contribution in [0.1, 0.15) is 25.8 Å². The molecular weight excluding hydrogens is 272 g/mol. The summed E-state index contributed by atoms with van der Waals surface area (Å²) < 4.78 is 9.72. The SMILES string of the molecule is COC(=O)[C@@H](Cc1ccc(OC)nc1)NC(=O)CC(C)C. The highest BCUT2D eigenvalue weighted by Crippen LogP contribution is 2.10. The summed E-state index contributed by atoms with van der Waals surface area (Å²) in [4.78, 5) is 27.7. The van der Waals surface area contributed by atoms with Crippen LogP contribution in [-0.4, -0.2) is 37.1 Å². The summed E-state index contributed by atoms with van der Waals surface area (Å²) in [5.74, 6) is 0.0907. The molecule has 116 valence electrons. The Kier molecular flexibility index (Phi) is 6.65. The number of aromatic nitrogens is 1. The number of ether oxygens (including phenoxy) is 2. The van der Waals surface area contributed by atoms with Crippen molar-refractivity contribution >= 4 is 11.9 Å². The van der Waals surface area contributed by atoms with Gasteiger partial charge in [0.2, 0.25) is 11.8 Å². The van der Waals surface area contributed by atoms with Crippen molar-refractivity contribution in [2.45, 2.75) is 32.7 Å². The summed E-state index contributed by atoms with van der Waals surface area (Å²) in [5.41, 5.74) is 0.816. The number of pyridine rings is 1. The van der Waals surface area contributed by atoms with Gasteiger partial charge in [-0.1, -0.05) is 19.9 Å². The lowest BCUT2D eigenvalue weighted by atomic mass is 10.1. The molecule has 1 aromatic rings. The molecule has 21 heavy (non-hydrogen) atoms. The zero-order valence-electron chi connectivity index (χ0n) is 12.9. The summed E-state index contributed by atoms with van der Waals surface area (Å²) >= 11 is 0. The summed E-state index contributed by atoms with van der Waals surface area (Å²) in [6.07, 6.45) is 2.31. The third-order valence-corrected chi connectivity index (χ3v) is 2.86. The van der Waals surface area contributed by atoms with Gasteiger partial charge in [-0.25, -0.2) is 9.78 Å². The van der Waals surface area contributed by atoms with Crippen LogP contribution in [0.15, 0.2) is 18.3 Å². The molecule has 1 N–H and O–H groups in total. The molecule has 0 aliphatic heterocycles. The summed E-state index contributed by atoms with van der Waals surface area (Å²) in [6.45, 7) is 3.89. The molecule has 0 aliphatic rings. The molecule has 1 atom stereocenters. The fourth-order valence-corrected chi connectivity index (χ4v) is 1.85. The highest BCUT2D eigenvalue weighted by Gasteiger charge is 2.22. The summed E-state index contributed by atoms with van der Waals surface area (Å²) in [7, 11) is 2.83. The molecule has 0 bridgehead atoms. The highest BCUT2D eigenvalue weighted by atomic mass is 16.5. The van der Waals surface area contributed by atoms with Crippen molar-refractivity contribution in [2.75, 3.05) is 14.2 Å². The van der Waals surface area contributed by atoms with E-state index in [-0.39, 0.29) is 11.8 Å². The molecule has 6 nitrogen and oxygen atoms in total. The molecule has 0 aromatic carbocycles. The molecular formula is C15H22N2O4. The number of rotatable bonds is 7. The van der Waals surface area contributed by atoms with Crippen LogP contribution in [0.25, 0.3) is 0 Å². The van der Waals surface area contributed by atoms with Crippen LogP contribution in [0.4, 0.5) is 0 Å². The summed E-state index contributed by atoms with van der Waals surface area (Å²) in [6, 6.07) is 2.80. The van der Waals surface area contributed by atoms with Crippen LogP contribution in [0.5, 0.6) is 5.88 Å². The van der Waals surface area contributed by atoms with Gasteiger partial charge in [-0.15, -0.1) is 0 Å². The normalized spacial score (nSPS) is 11.9. The molecule has 1 amide bonds. The minimum Gasteiger partial charge on any atom is -0.481 e. The zero-order chi connectivity index (χ0) is 15.8. The second-order valence-electron chi connectivity index (χ2n) is 5.15. The van der Waals surface area contributed by atoms with Crippen LogP contribution < -0.4 is 10.1 Å². The van der Waals surface area contributed by atoms with E-state index in [1.165, 1.54) is 14.2 Å². The van der Waals surface area contributed by atoms with Gasteiger partial charge in [0.15, 0.2) is 0 Å². The van der Waals surface area contributed by atoms with Gasteiger partial charge in [0.1, 0.15) is 6.04 Å². The van der Waals surface area contributed by atoms with Gasteiger partial charge in [-0.2, -0.15) is 0 Å². The van der Waals surface area contributed by atoms with Crippen molar-refractivity contribution in [3.8, 4) is 5.88 Å². The maximum Gasteiger partial charge on any atom is 0.328 e. The van der Waals surface area contributed by atoms with Gasteiger partial charge in [0.25, 0.3) is 0 Å². The van der Waals surface area contributed by atoms with Crippen LogP contribution in [0.3, 0.4) is 0 Å².